The van der Waals surface area contributed by atoms with Crippen molar-refractivity contribution in [1.82, 2.24) is 19.5 Å². The summed E-state index contributed by atoms with van der Waals surface area (Å²) in [6.45, 7) is 4.02. The van der Waals surface area contributed by atoms with E-state index in [-0.39, 0.29) is 17.9 Å². The molecule has 19 heavy (non-hydrogen) atoms. The Balaban J connectivity index is 2.29. The lowest BCUT2D eigenvalue weighted by atomic mass is 10.2. The van der Waals surface area contributed by atoms with Gasteiger partial charge in [-0.05, 0) is 19.8 Å². The fourth-order valence-electron chi connectivity index (χ4n) is 2.37. The molecule has 0 bridgehead atoms. The maximum absolute atomic E-state index is 12.3. The number of ether oxygens (including phenoxy) is 1. The number of nitrogens with zero attached hydrogens (tertiary/aromatic N) is 3. The van der Waals surface area contributed by atoms with Crippen LogP contribution in [0.3, 0.4) is 0 Å². The first-order valence-electron chi connectivity index (χ1n) is 6.39. The molecule has 8 heteroatoms. The Labute approximate surface area is 113 Å². The van der Waals surface area contributed by atoms with Crippen molar-refractivity contribution in [2.45, 2.75) is 38.8 Å². The fourth-order valence-corrected chi connectivity index (χ4v) is 4.08. The number of hydrogen-bond acceptors (Lipinski definition) is 5. The Morgan fingerprint density at radius 3 is 2.79 bits per heavy atom. The molecule has 1 fully saturated rings. The van der Waals surface area contributed by atoms with Crippen LogP contribution >= 0.6 is 0 Å². The second kappa shape index (κ2) is 5.56. The zero-order valence-electron chi connectivity index (χ0n) is 11.5. The van der Waals surface area contributed by atoms with Crippen molar-refractivity contribution in [1.29, 1.82) is 0 Å². The molecule has 2 rings (SSSR count). The molecular formula is C11H20N4O3S. The third-order valence-electron chi connectivity index (χ3n) is 3.28. The van der Waals surface area contributed by atoms with Crippen molar-refractivity contribution in [2.24, 2.45) is 0 Å². The van der Waals surface area contributed by atoms with E-state index < -0.39 is 10.0 Å². The van der Waals surface area contributed by atoms with Crippen LogP contribution in [0.4, 0.5) is 0 Å². The van der Waals surface area contributed by atoms with Crippen LogP contribution in [0.15, 0.2) is 0 Å². The molecule has 0 amide bonds. The third-order valence-corrected chi connectivity index (χ3v) is 5.32. The van der Waals surface area contributed by atoms with E-state index in [0.717, 1.165) is 0 Å². The standard InChI is InChI=1S/C11H20N4O3S/c1-4-5-19(16,17)15-7-9(18-3)6-10(15)11-12-8(2)13-14-11/h9-10H,4-7H2,1-3H3,(H,12,13,14)/t9-,10-/m0/s1. The summed E-state index contributed by atoms with van der Waals surface area (Å²) < 4.78 is 31.4. The van der Waals surface area contributed by atoms with Gasteiger partial charge < -0.3 is 4.74 Å². The Morgan fingerprint density at radius 2 is 2.26 bits per heavy atom. The van der Waals surface area contributed by atoms with Gasteiger partial charge in [-0.3, -0.25) is 5.10 Å². The Hall–Kier alpha value is -0.990. The lowest BCUT2D eigenvalue weighted by Crippen LogP contribution is -2.34. The van der Waals surface area contributed by atoms with Gasteiger partial charge in [-0.1, -0.05) is 6.92 Å². The van der Waals surface area contributed by atoms with Gasteiger partial charge in [0, 0.05) is 13.7 Å². The highest BCUT2D eigenvalue weighted by Crippen LogP contribution is 2.34. The third kappa shape index (κ3) is 2.96. The van der Waals surface area contributed by atoms with Gasteiger partial charge in [-0.15, -0.1) is 0 Å². The average Bonchev–Trinajstić information content (AvgIpc) is 2.94. The van der Waals surface area contributed by atoms with Crippen LogP contribution < -0.4 is 0 Å². The molecule has 2 atom stereocenters. The van der Waals surface area contributed by atoms with Crippen molar-refractivity contribution in [3.05, 3.63) is 11.6 Å². The highest BCUT2D eigenvalue weighted by molar-refractivity contribution is 7.89. The maximum atomic E-state index is 12.3. The second-order valence-corrected chi connectivity index (χ2v) is 6.82. The SMILES string of the molecule is CCCS(=O)(=O)N1C[C@@H](OC)C[C@H]1c1n[nH]c(C)n1. The lowest BCUT2D eigenvalue weighted by Gasteiger charge is -2.21. The summed E-state index contributed by atoms with van der Waals surface area (Å²) >= 11 is 0. The van der Waals surface area contributed by atoms with Crippen molar-refractivity contribution in [3.8, 4) is 0 Å². The molecule has 108 valence electrons. The highest BCUT2D eigenvalue weighted by atomic mass is 32.2. The minimum absolute atomic E-state index is 0.101. The Morgan fingerprint density at radius 1 is 1.53 bits per heavy atom. The number of hydrogen-bond donors (Lipinski definition) is 1. The van der Waals surface area contributed by atoms with Gasteiger partial charge in [0.15, 0.2) is 5.82 Å². The Bertz CT molecular complexity index is 528. The maximum Gasteiger partial charge on any atom is 0.214 e. The van der Waals surface area contributed by atoms with Gasteiger partial charge in [0.1, 0.15) is 5.82 Å². The molecule has 0 spiro atoms. The first kappa shape index (κ1) is 14.4. The topological polar surface area (TPSA) is 88.2 Å². The molecule has 0 radical (unpaired) electrons. The van der Waals surface area contributed by atoms with Crippen LogP contribution in [0.2, 0.25) is 0 Å². The van der Waals surface area contributed by atoms with E-state index in [1.807, 2.05) is 6.92 Å². The van der Waals surface area contributed by atoms with Crippen LogP contribution in [-0.4, -0.2) is 53.4 Å². The summed E-state index contributed by atoms with van der Waals surface area (Å²) in [6, 6.07) is -0.327. The number of rotatable bonds is 5. The molecule has 0 saturated carbocycles. The second-order valence-electron chi connectivity index (χ2n) is 4.77. The number of sulfonamides is 1. The predicted molar refractivity (Wildman–Crippen MR) is 70.1 cm³/mol. The molecule has 2 heterocycles. The number of methoxy groups -OCH3 is 1. The number of H-pyrrole nitrogens is 1. The lowest BCUT2D eigenvalue weighted by molar-refractivity contribution is 0.114. The number of aryl methyl sites for hydroxylation is 1. The quantitative estimate of drug-likeness (QED) is 0.858. The zero-order chi connectivity index (χ0) is 14.0. The van der Waals surface area contributed by atoms with Crippen molar-refractivity contribution in [3.63, 3.8) is 0 Å². The normalized spacial score (nSPS) is 25.0. The highest BCUT2D eigenvalue weighted by Gasteiger charge is 2.41. The van der Waals surface area contributed by atoms with Crippen LogP contribution in [0, 0.1) is 6.92 Å². The number of aromatic amines is 1. The smallest absolute Gasteiger partial charge is 0.214 e. The zero-order valence-corrected chi connectivity index (χ0v) is 12.3. The minimum atomic E-state index is -3.28. The number of nitrogens with one attached hydrogen (secondary N) is 1. The van der Waals surface area contributed by atoms with E-state index in [0.29, 0.717) is 31.0 Å². The summed E-state index contributed by atoms with van der Waals surface area (Å²) in [5, 5.41) is 6.85. The summed E-state index contributed by atoms with van der Waals surface area (Å²) in [6.07, 6.45) is 1.09. The van der Waals surface area contributed by atoms with Gasteiger partial charge in [0.25, 0.3) is 0 Å². The average molecular weight is 288 g/mol. The Kier molecular flexibility index (Phi) is 4.22. The minimum Gasteiger partial charge on any atom is -0.380 e. The van der Waals surface area contributed by atoms with E-state index in [1.54, 1.807) is 14.0 Å². The van der Waals surface area contributed by atoms with Gasteiger partial charge >= 0.3 is 0 Å². The van der Waals surface area contributed by atoms with E-state index in [2.05, 4.69) is 15.2 Å². The molecular weight excluding hydrogens is 268 g/mol. The van der Waals surface area contributed by atoms with E-state index in [1.165, 1.54) is 4.31 Å². The summed E-state index contributed by atoms with van der Waals surface area (Å²) in [7, 11) is -1.68. The van der Waals surface area contributed by atoms with Crippen LogP contribution in [0.25, 0.3) is 0 Å². The van der Waals surface area contributed by atoms with Crippen LogP contribution in [0.1, 0.15) is 37.5 Å². The molecule has 0 aromatic carbocycles. The summed E-state index contributed by atoms with van der Waals surface area (Å²) in [5.41, 5.74) is 0. The predicted octanol–water partition coefficient (Wildman–Crippen LogP) is 0.615. The van der Waals surface area contributed by atoms with Gasteiger partial charge in [0.2, 0.25) is 10.0 Å². The molecule has 7 nitrogen and oxygen atoms in total. The largest absolute Gasteiger partial charge is 0.380 e. The summed E-state index contributed by atoms with van der Waals surface area (Å²) in [5.74, 6) is 1.35. The van der Waals surface area contributed by atoms with Gasteiger partial charge in [-0.25, -0.2) is 13.4 Å². The van der Waals surface area contributed by atoms with Crippen LogP contribution in [-0.2, 0) is 14.8 Å². The van der Waals surface area contributed by atoms with Crippen LogP contribution in [0.5, 0.6) is 0 Å². The molecule has 1 aliphatic rings. The van der Waals surface area contributed by atoms with Crippen molar-refractivity contribution in [2.75, 3.05) is 19.4 Å². The van der Waals surface area contributed by atoms with Gasteiger partial charge in [-0.2, -0.15) is 9.40 Å². The molecule has 1 N–H and O–H groups in total. The first-order valence-corrected chi connectivity index (χ1v) is 8.00. The molecule has 1 aromatic rings. The van der Waals surface area contributed by atoms with E-state index >= 15 is 0 Å². The first-order chi connectivity index (χ1) is 8.97. The van der Waals surface area contributed by atoms with E-state index in [9.17, 15) is 8.42 Å². The number of aromatic nitrogens is 3. The van der Waals surface area contributed by atoms with Crippen molar-refractivity contribution < 1.29 is 13.2 Å². The molecule has 1 aromatic heterocycles. The van der Waals surface area contributed by atoms with Crippen molar-refractivity contribution >= 4 is 10.0 Å². The van der Waals surface area contributed by atoms with E-state index in [4.69, 9.17) is 4.74 Å². The molecule has 1 aliphatic heterocycles. The van der Waals surface area contributed by atoms with Gasteiger partial charge in [0.05, 0.1) is 17.9 Å². The molecule has 0 unspecified atom stereocenters. The molecule has 1 saturated heterocycles. The fraction of sp³-hybridized carbons (Fsp3) is 0.818. The molecule has 0 aliphatic carbocycles. The monoisotopic (exact) mass is 288 g/mol. The summed E-state index contributed by atoms with van der Waals surface area (Å²) in [4.78, 5) is 4.26.